The maximum Gasteiger partial charge on any atom is 0.352 e. The molecule has 0 saturated heterocycles. The van der Waals surface area contributed by atoms with Crippen LogP contribution >= 0.6 is 15.9 Å². The van der Waals surface area contributed by atoms with Gasteiger partial charge >= 0.3 is 5.97 Å². The van der Waals surface area contributed by atoms with Crippen LogP contribution in [0, 0.1) is 5.92 Å². The molecule has 1 saturated carbocycles. The summed E-state index contributed by atoms with van der Waals surface area (Å²) in [6, 6.07) is 2.04. The lowest BCUT2D eigenvalue weighted by Crippen LogP contribution is -2.19. The first kappa shape index (κ1) is 11.7. The molecule has 0 aliphatic heterocycles. The van der Waals surface area contributed by atoms with Gasteiger partial charge in [0.15, 0.2) is 0 Å². The van der Waals surface area contributed by atoms with Gasteiger partial charge in [-0.2, -0.15) is 0 Å². The van der Waals surface area contributed by atoms with Gasteiger partial charge in [-0.25, -0.2) is 4.79 Å². The average Bonchev–Trinajstić information content (AvgIpc) is 2.61. The summed E-state index contributed by atoms with van der Waals surface area (Å²) in [6.07, 6.45) is 6.45. The lowest BCUT2D eigenvalue weighted by molar-refractivity contribution is 0.0680. The van der Waals surface area contributed by atoms with E-state index in [0.29, 0.717) is 11.7 Å². The minimum atomic E-state index is -0.843. The summed E-state index contributed by atoms with van der Waals surface area (Å²) in [4.78, 5) is 11.1. The van der Waals surface area contributed by atoms with Crippen LogP contribution in [0.2, 0.25) is 0 Å². The zero-order chi connectivity index (χ0) is 11.7. The molecule has 0 atom stereocenters. The van der Waals surface area contributed by atoms with E-state index in [1.807, 2.05) is 10.8 Å². The zero-order valence-corrected chi connectivity index (χ0v) is 10.9. The quantitative estimate of drug-likeness (QED) is 0.900. The Morgan fingerprint density at radius 1 is 1.44 bits per heavy atom. The van der Waals surface area contributed by atoms with E-state index in [4.69, 9.17) is 5.11 Å². The number of aromatic nitrogens is 1. The second kappa shape index (κ2) is 4.62. The Kier molecular flexibility index (Phi) is 3.38. The van der Waals surface area contributed by atoms with Crippen molar-refractivity contribution >= 4 is 21.9 Å². The largest absolute Gasteiger partial charge is 0.477 e. The van der Waals surface area contributed by atoms with Gasteiger partial charge < -0.3 is 9.67 Å². The van der Waals surface area contributed by atoms with Gasteiger partial charge in [0, 0.05) is 16.7 Å². The van der Waals surface area contributed by atoms with Gasteiger partial charge in [0.2, 0.25) is 0 Å². The van der Waals surface area contributed by atoms with Crippen LogP contribution in [-0.2, 0) is 0 Å². The molecule has 88 valence electrons. The van der Waals surface area contributed by atoms with E-state index in [9.17, 15) is 4.79 Å². The molecule has 1 fully saturated rings. The normalized spacial score (nSPS) is 25.6. The highest BCUT2D eigenvalue weighted by Crippen LogP contribution is 2.34. The SMILES string of the molecule is CC1CCC(n2cc(Br)cc2C(=O)O)CC1. The molecule has 16 heavy (non-hydrogen) atoms. The fourth-order valence-electron chi connectivity index (χ4n) is 2.44. The van der Waals surface area contributed by atoms with Gasteiger partial charge in [-0.3, -0.25) is 0 Å². The number of carboxylic acids is 1. The molecule has 1 aliphatic carbocycles. The molecule has 0 radical (unpaired) electrons. The van der Waals surface area contributed by atoms with Crippen molar-refractivity contribution in [1.29, 1.82) is 0 Å². The molecule has 1 aromatic rings. The monoisotopic (exact) mass is 285 g/mol. The molecule has 2 rings (SSSR count). The third kappa shape index (κ3) is 2.32. The predicted molar refractivity (Wildman–Crippen MR) is 65.8 cm³/mol. The Morgan fingerprint density at radius 2 is 2.06 bits per heavy atom. The summed E-state index contributed by atoms with van der Waals surface area (Å²) in [6.45, 7) is 2.26. The number of halogens is 1. The van der Waals surface area contributed by atoms with E-state index in [2.05, 4.69) is 22.9 Å². The lowest BCUT2D eigenvalue weighted by Gasteiger charge is -2.28. The number of aromatic carboxylic acids is 1. The van der Waals surface area contributed by atoms with Crippen LogP contribution in [0.15, 0.2) is 16.7 Å². The number of carbonyl (C=O) groups is 1. The van der Waals surface area contributed by atoms with E-state index in [1.165, 1.54) is 12.8 Å². The third-order valence-electron chi connectivity index (χ3n) is 3.41. The molecule has 0 amide bonds. The first-order valence-corrected chi connectivity index (χ1v) is 6.48. The summed E-state index contributed by atoms with van der Waals surface area (Å²) in [7, 11) is 0. The van der Waals surface area contributed by atoms with Crippen LogP contribution in [0.5, 0.6) is 0 Å². The first-order chi connectivity index (χ1) is 7.58. The molecule has 0 unspecified atom stereocenters. The summed E-state index contributed by atoms with van der Waals surface area (Å²) in [5.74, 6) is -0.0622. The number of hydrogen-bond donors (Lipinski definition) is 1. The highest BCUT2D eigenvalue weighted by Gasteiger charge is 2.23. The number of carboxylic acid groups (broad SMARTS) is 1. The smallest absolute Gasteiger partial charge is 0.352 e. The topological polar surface area (TPSA) is 42.2 Å². The lowest BCUT2D eigenvalue weighted by atomic mass is 9.87. The molecule has 0 spiro atoms. The third-order valence-corrected chi connectivity index (χ3v) is 3.85. The molecule has 1 aliphatic rings. The molecule has 4 heteroatoms. The molecule has 1 heterocycles. The van der Waals surface area contributed by atoms with Gasteiger partial charge in [-0.05, 0) is 53.6 Å². The highest BCUT2D eigenvalue weighted by molar-refractivity contribution is 9.10. The Labute approximate surface area is 104 Å². The summed E-state index contributed by atoms with van der Waals surface area (Å²) >= 11 is 3.35. The van der Waals surface area contributed by atoms with Gasteiger partial charge in [0.1, 0.15) is 5.69 Å². The van der Waals surface area contributed by atoms with E-state index in [1.54, 1.807) is 6.07 Å². The Morgan fingerprint density at radius 3 is 2.62 bits per heavy atom. The van der Waals surface area contributed by atoms with Crippen molar-refractivity contribution in [3.63, 3.8) is 0 Å². The van der Waals surface area contributed by atoms with Crippen LogP contribution in [0.3, 0.4) is 0 Å². The van der Waals surface area contributed by atoms with Crippen molar-refractivity contribution in [3.05, 3.63) is 22.4 Å². The van der Waals surface area contributed by atoms with Crippen LogP contribution < -0.4 is 0 Å². The fourth-order valence-corrected chi connectivity index (χ4v) is 2.88. The molecule has 1 aromatic heterocycles. The van der Waals surface area contributed by atoms with Crippen molar-refractivity contribution in [2.24, 2.45) is 5.92 Å². The highest BCUT2D eigenvalue weighted by atomic mass is 79.9. The van der Waals surface area contributed by atoms with Crippen molar-refractivity contribution in [2.75, 3.05) is 0 Å². The zero-order valence-electron chi connectivity index (χ0n) is 9.32. The first-order valence-electron chi connectivity index (χ1n) is 5.68. The second-order valence-corrected chi connectivity index (χ2v) is 5.59. The number of nitrogens with zero attached hydrogens (tertiary/aromatic N) is 1. The summed E-state index contributed by atoms with van der Waals surface area (Å²) in [5.41, 5.74) is 0.395. The van der Waals surface area contributed by atoms with Crippen LogP contribution in [0.1, 0.15) is 49.1 Å². The van der Waals surface area contributed by atoms with E-state index < -0.39 is 5.97 Å². The molecular weight excluding hydrogens is 270 g/mol. The van der Waals surface area contributed by atoms with Crippen molar-refractivity contribution < 1.29 is 9.90 Å². The van der Waals surface area contributed by atoms with Crippen molar-refractivity contribution in [3.8, 4) is 0 Å². The maximum absolute atomic E-state index is 11.1. The van der Waals surface area contributed by atoms with Crippen LogP contribution in [0.25, 0.3) is 0 Å². The average molecular weight is 286 g/mol. The number of hydrogen-bond acceptors (Lipinski definition) is 1. The van der Waals surface area contributed by atoms with Gasteiger partial charge in [-0.15, -0.1) is 0 Å². The van der Waals surface area contributed by atoms with E-state index in [-0.39, 0.29) is 0 Å². The fraction of sp³-hybridized carbons (Fsp3) is 0.583. The maximum atomic E-state index is 11.1. The molecule has 0 aromatic carbocycles. The number of rotatable bonds is 2. The van der Waals surface area contributed by atoms with Gasteiger partial charge in [0.25, 0.3) is 0 Å². The van der Waals surface area contributed by atoms with Crippen molar-refractivity contribution in [2.45, 2.75) is 38.6 Å². The summed E-state index contributed by atoms with van der Waals surface area (Å²) < 4.78 is 2.77. The Balaban J connectivity index is 2.22. The van der Waals surface area contributed by atoms with Gasteiger partial charge in [-0.1, -0.05) is 6.92 Å². The molecule has 0 bridgehead atoms. The van der Waals surface area contributed by atoms with Gasteiger partial charge in [0.05, 0.1) is 0 Å². The minimum absolute atomic E-state index is 0.355. The second-order valence-electron chi connectivity index (χ2n) is 4.67. The van der Waals surface area contributed by atoms with Crippen LogP contribution in [0.4, 0.5) is 0 Å². The van der Waals surface area contributed by atoms with Crippen molar-refractivity contribution in [1.82, 2.24) is 4.57 Å². The molecule has 1 N–H and O–H groups in total. The van der Waals surface area contributed by atoms with E-state index in [0.717, 1.165) is 23.2 Å². The minimum Gasteiger partial charge on any atom is -0.477 e. The van der Waals surface area contributed by atoms with Crippen LogP contribution in [-0.4, -0.2) is 15.6 Å². The van der Waals surface area contributed by atoms with E-state index >= 15 is 0 Å². The Hall–Kier alpha value is -0.770. The summed E-state index contributed by atoms with van der Waals surface area (Å²) in [5, 5.41) is 9.12. The predicted octanol–water partition coefficient (Wildman–Crippen LogP) is 3.70. The Bertz CT molecular complexity index is 392. The molecule has 3 nitrogen and oxygen atoms in total. The molecular formula is C12H16BrNO2. The standard InChI is InChI=1S/C12H16BrNO2/c1-8-2-4-10(5-3-8)14-7-9(13)6-11(14)12(15)16/h6-8,10H,2-5H2,1H3,(H,15,16).